The number of aromatic nitrogens is 1. The Morgan fingerprint density at radius 2 is 2.00 bits per heavy atom. The van der Waals surface area contributed by atoms with Gasteiger partial charge in [0, 0.05) is 17.2 Å². The maximum absolute atomic E-state index is 10.6. The molecule has 1 N–H and O–H groups in total. The molecule has 2 aromatic rings. The van der Waals surface area contributed by atoms with E-state index in [-0.39, 0.29) is 0 Å². The van der Waals surface area contributed by atoms with Crippen molar-refractivity contribution in [3.8, 4) is 11.3 Å². The standard InChI is InChI=1S/C13H9Cl2NO3/c1-7-8(5-6-11(17)18)13(16-19-7)12-9(14)3-2-4-10(12)15/h2-6H,1H3,(H,17,18). The van der Waals surface area contributed by atoms with Crippen LogP contribution in [-0.2, 0) is 4.79 Å². The van der Waals surface area contributed by atoms with Gasteiger partial charge >= 0.3 is 5.97 Å². The van der Waals surface area contributed by atoms with Crippen molar-refractivity contribution in [2.75, 3.05) is 0 Å². The summed E-state index contributed by atoms with van der Waals surface area (Å²) in [5.41, 5.74) is 1.48. The highest BCUT2D eigenvalue weighted by molar-refractivity contribution is 6.39. The molecule has 0 aliphatic heterocycles. The van der Waals surface area contributed by atoms with E-state index in [1.165, 1.54) is 6.08 Å². The monoisotopic (exact) mass is 297 g/mol. The van der Waals surface area contributed by atoms with Crippen molar-refractivity contribution in [1.82, 2.24) is 5.16 Å². The maximum atomic E-state index is 10.6. The number of halogens is 2. The van der Waals surface area contributed by atoms with Gasteiger partial charge in [-0.25, -0.2) is 4.79 Å². The van der Waals surface area contributed by atoms with Crippen molar-refractivity contribution in [3.05, 3.63) is 45.6 Å². The molecule has 1 heterocycles. The molecule has 19 heavy (non-hydrogen) atoms. The molecule has 1 aromatic carbocycles. The highest BCUT2D eigenvalue weighted by Crippen LogP contribution is 2.37. The van der Waals surface area contributed by atoms with E-state index in [0.29, 0.717) is 32.6 Å². The summed E-state index contributed by atoms with van der Waals surface area (Å²) >= 11 is 12.2. The second-order valence-corrected chi connectivity index (χ2v) is 4.58. The first-order chi connectivity index (χ1) is 9.00. The molecule has 0 amide bonds. The van der Waals surface area contributed by atoms with Gasteiger partial charge in [-0.1, -0.05) is 34.4 Å². The topological polar surface area (TPSA) is 63.3 Å². The Morgan fingerprint density at radius 1 is 1.37 bits per heavy atom. The summed E-state index contributed by atoms with van der Waals surface area (Å²) in [4.78, 5) is 10.6. The minimum Gasteiger partial charge on any atom is -0.478 e. The zero-order valence-corrected chi connectivity index (χ0v) is 11.4. The minimum atomic E-state index is -1.06. The number of aryl methyl sites for hydroxylation is 1. The van der Waals surface area contributed by atoms with Crippen molar-refractivity contribution in [2.24, 2.45) is 0 Å². The summed E-state index contributed by atoms with van der Waals surface area (Å²) < 4.78 is 5.08. The molecule has 2 rings (SSSR count). The Kier molecular flexibility index (Phi) is 3.93. The van der Waals surface area contributed by atoms with Gasteiger partial charge in [0.05, 0.1) is 10.0 Å². The number of rotatable bonds is 3. The number of aliphatic carboxylic acids is 1. The van der Waals surface area contributed by atoms with Crippen molar-refractivity contribution in [1.29, 1.82) is 0 Å². The van der Waals surface area contributed by atoms with Crippen LogP contribution < -0.4 is 0 Å². The first-order valence-electron chi connectivity index (χ1n) is 5.32. The van der Waals surface area contributed by atoms with Crippen LogP contribution in [0.3, 0.4) is 0 Å². The molecule has 0 spiro atoms. The molecule has 0 aliphatic rings. The molecule has 0 radical (unpaired) electrons. The van der Waals surface area contributed by atoms with Gasteiger partial charge in [-0.05, 0) is 25.1 Å². The molecular formula is C13H9Cl2NO3. The molecule has 4 nitrogen and oxygen atoms in total. The van der Waals surface area contributed by atoms with Crippen molar-refractivity contribution < 1.29 is 14.4 Å². The molecule has 0 fully saturated rings. The first kappa shape index (κ1) is 13.6. The van der Waals surface area contributed by atoms with Crippen LogP contribution in [0.2, 0.25) is 10.0 Å². The normalized spacial score (nSPS) is 11.1. The van der Waals surface area contributed by atoms with E-state index in [1.54, 1.807) is 25.1 Å². The van der Waals surface area contributed by atoms with E-state index in [2.05, 4.69) is 5.16 Å². The molecule has 6 heteroatoms. The number of nitrogens with zero attached hydrogens (tertiary/aromatic N) is 1. The third kappa shape index (κ3) is 2.80. The lowest BCUT2D eigenvalue weighted by molar-refractivity contribution is -0.131. The van der Waals surface area contributed by atoms with Crippen LogP contribution in [0.5, 0.6) is 0 Å². The van der Waals surface area contributed by atoms with Crippen molar-refractivity contribution in [2.45, 2.75) is 6.92 Å². The van der Waals surface area contributed by atoms with Crippen LogP contribution in [0.1, 0.15) is 11.3 Å². The van der Waals surface area contributed by atoms with Crippen LogP contribution >= 0.6 is 23.2 Å². The van der Waals surface area contributed by atoms with E-state index >= 15 is 0 Å². The number of benzene rings is 1. The fourth-order valence-corrected chi connectivity index (χ4v) is 2.21. The average Bonchev–Trinajstić information content (AvgIpc) is 2.68. The van der Waals surface area contributed by atoms with Crippen molar-refractivity contribution >= 4 is 35.2 Å². The summed E-state index contributed by atoms with van der Waals surface area (Å²) in [6.07, 6.45) is 2.41. The molecule has 1 aromatic heterocycles. The third-order valence-electron chi connectivity index (χ3n) is 2.50. The van der Waals surface area contributed by atoms with Gasteiger partial charge in [-0.3, -0.25) is 0 Å². The second-order valence-electron chi connectivity index (χ2n) is 3.77. The number of carboxylic acids is 1. The van der Waals surface area contributed by atoms with E-state index in [9.17, 15) is 4.79 Å². The SMILES string of the molecule is Cc1onc(-c2c(Cl)cccc2Cl)c1C=CC(=O)O. The Balaban J connectivity index is 2.61. The van der Waals surface area contributed by atoms with Crippen LogP contribution in [0.4, 0.5) is 0 Å². The smallest absolute Gasteiger partial charge is 0.328 e. The zero-order valence-electron chi connectivity index (χ0n) is 9.85. The fourth-order valence-electron chi connectivity index (χ4n) is 1.63. The Bertz CT molecular complexity index is 642. The number of carbonyl (C=O) groups is 1. The average molecular weight is 298 g/mol. The molecule has 0 aliphatic carbocycles. The summed E-state index contributed by atoms with van der Waals surface area (Å²) in [6, 6.07) is 5.07. The van der Waals surface area contributed by atoms with Crippen LogP contribution in [0, 0.1) is 6.92 Å². The predicted molar refractivity (Wildman–Crippen MR) is 73.4 cm³/mol. The van der Waals surface area contributed by atoms with Crippen LogP contribution in [0.25, 0.3) is 17.3 Å². The summed E-state index contributed by atoms with van der Waals surface area (Å²) in [7, 11) is 0. The van der Waals surface area contributed by atoms with Gasteiger partial charge in [0.2, 0.25) is 0 Å². The molecule has 0 bridgehead atoms. The molecule has 0 unspecified atom stereocenters. The van der Waals surface area contributed by atoms with Gasteiger partial charge in [-0.2, -0.15) is 0 Å². The quantitative estimate of drug-likeness (QED) is 0.868. The zero-order chi connectivity index (χ0) is 14.0. The van der Waals surface area contributed by atoms with Gasteiger partial charge in [-0.15, -0.1) is 0 Å². The number of hydrogen-bond acceptors (Lipinski definition) is 3. The Hall–Kier alpha value is -1.78. The first-order valence-corrected chi connectivity index (χ1v) is 6.08. The third-order valence-corrected chi connectivity index (χ3v) is 3.13. The van der Waals surface area contributed by atoms with Crippen LogP contribution in [-0.4, -0.2) is 16.2 Å². The molecule has 0 atom stereocenters. The van der Waals surface area contributed by atoms with Gasteiger partial charge in [0.25, 0.3) is 0 Å². The highest BCUT2D eigenvalue weighted by atomic mass is 35.5. The second kappa shape index (κ2) is 5.47. The number of carboxylic acid groups (broad SMARTS) is 1. The minimum absolute atomic E-state index is 0.422. The van der Waals surface area contributed by atoms with Crippen molar-refractivity contribution in [3.63, 3.8) is 0 Å². The fraction of sp³-hybridized carbons (Fsp3) is 0.0769. The summed E-state index contributed by atoms with van der Waals surface area (Å²) in [5, 5.41) is 13.4. The summed E-state index contributed by atoms with van der Waals surface area (Å²) in [6.45, 7) is 1.68. The Labute approximate surface area is 119 Å². The Morgan fingerprint density at radius 3 is 2.58 bits per heavy atom. The van der Waals surface area contributed by atoms with Gasteiger partial charge in [0.1, 0.15) is 11.5 Å². The lowest BCUT2D eigenvalue weighted by Gasteiger charge is -2.04. The van der Waals surface area contributed by atoms with Gasteiger partial charge in [0.15, 0.2) is 0 Å². The molecule has 98 valence electrons. The molecular weight excluding hydrogens is 289 g/mol. The lowest BCUT2D eigenvalue weighted by Crippen LogP contribution is -1.88. The van der Waals surface area contributed by atoms with E-state index in [0.717, 1.165) is 6.08 Å². The lowest BCUT2D eigenvalue weighted by atomic mass is 10.1. The van der Waals surface area contributed by atoms with E-state index in [4.69, 9.17) is 32.8 Å². The predicted octanol–water partition coefficient (Wildman–Crippen LogP) is 4.05. The van der Waals surface area contributed by atoms with E-state index < -0.39 is 5.97 Å². The van der Waals surface area contributed by atoms with Crippen LogP contribution in [0.15, 0.2) is 28.8 Å². The largest absolute Gasteiger partial charge is 0.478 e. The summed E-state index contributed by atoms with van der Waals surface area (Å²) in [5.74, 6) is -0.569. The number of hydrogen-bond donors (Lipinski definition) is 1. The van der Waals surface area contributed by atoms with E-state index in [1.807, 2.05) is 0 Å². The molecule has 0 saturated carbocycles. The highest BCUT2D eigenvalue weighted by Gasteiger charge is 2.18. The maximum Gasteiger partial charge on any atom is 0.328 e. The molecule has 0 saturated heterocycles. The van der Waals surface area contributed by atoms with Gasteiger partial charge < -0.3 is 9.63 Å².